The van der Waals surface area contributed by atoms with Crippen molar-refractivity contribution >= 4 is 16.9 Å². The van der Waals surface area contributed by atoms with Gasteiger partial charge in [0.15, 0.2) is 11.5 Å². The van der Waals surface area contributed by atoms with Crippen molar-refractivity contribution in [3.8, 4) is 0 Å². The minimum absolute atomic E-state index is 0.115. The van der Waals surface area contributed by atoms with Crippen molar-refractivity contribution in [1.29, 1.82) is 0 Å². The molecule has 1 aliphatic rings. The minimum Gasteiger partial charge on any atom is -0.367 e. The zero-order chi connectivity index (χ0) is 18.9. The highest BCUT2D eigenvalue weighted by atomic mass is 16.5. The van der Waals surface area contributed by atoms with Gasteiger partial charge in [-0.2, -0.15) is 10.1 Å². The number of aromatic amines is 1. The summed E-state index contributed by atoms with van der Waals surface area (Å²) in [4.78, 5) is 13.3. The summed E-state index contributed by atoms with van der Waals surface area (Å²) >= 11 is 0. The predicted molar refractivity (Wildman–Crippen MR) is 104 cm³/mol. The van der Waals surface area contributed by atoms with Gasteiger partial charge in [0.1, 0.15) is 12.1 Å². The molecule has 3 atom stereocenters. The third kappa shape index (κ3) is 3.11. The van der Waals surface area contributed by atoms with Crippen LogP contribution in [0.15, 0.2) is 47.4 Å². The van der Waals surface area contributed by atoms with E-state index in [0.717, 1.165) is 47.8 Å². The lowest BCUT2D eigenvalue weighted by Crippen LogP contribution is -2.16. The SMILES string of the molecule is CC(c1ccccc1)c1noc([C@H]2CC[C@H](Nc3ncnc4[nH]ncc34)C2)n1. The van der Waals surface area contributed by atoms with Crippen LogP contribution in [0.5, 0.6) is 0 Å². The van der Waals surface area contributed by atoms with Crippen LogP contribution in [0, 0.1) is 0 Å². The van der Waals surface area contributed by atoms with E-state index in [1.807, 2.05) is 18.2 Å². The Hall–Kier alpha value is -3.29. The van der Waals surface area contributed by atoms with Gasteiger partial charge in [0.05, 0.1) is 11.6 Å². The van der Waals surface area contributed by atoms with E-state index in [9.17, 15) is 0 Å². The zero-order valence-corrected chi connectivity index (χ0v) is 15.5. The van der Waals surface area contributed by atoms with E-state index in [0.29, 0.717) is 6.04 Å². The van der Waals surface area contributed by atoms with Gasteiger partial charge < -0.3 is 9.84 Å². The highest BCUT2D eigenvalue weighted by Gasteiger charge is 2.31. The minimum atomic E-state index is 0.115. The molecule has 3 aromatic heterocycles. The van der Waals surface area contributed by atoms with Crippen molar-refractivity contribution < 1.29 is 4.52 Å². The molecule has 0 spiro atoms. The van der Waals surface area contributed by atoms with Crippen LogP contribution >= 0.6 is 0 Å². The number of nitrogens with one attached hydrogen (secondary N) is 2. The number of aromatic nitrogens is 6. The first-order valence-electron chi connectivity index (χ1n) is 9.57. The molecule has 3 heterocycles. The molecule has 2 N–H and O–H groups in total. The standard InChI is InChI=1S/C20H21N7O/c1-12(13-5-3-2-4-6-13)17-25-20(28-27-17)14-7-8-15(9-14)24-18-16-10-23-26-19(16)22-11-21-18/h2-6,10-12,14-15H,7-9H2,1H3,(H2,21,22,23,24,26)/t12?,14-,15-/m0/s1. The molecular formula is C20H21N7O. The predicted octanol–water partition coefficient (Wildman–Crippen LogP) is 3.64. The largest absolute Gasteiger partial charge is 0.367 e. The first-order chi connectivity index (χ1) is 13.8. The highest BCUT2D eigenvalue weighted by molar-refractivity contribution is 5.85. The number of hydrogen-bond donors (Lipinski definition) is 2. The second-order valence-electron chi connectivity index (χ2n) is 7.33. The summed E-state index contributed by atoms with van der Waals surface area (Å²) < 4.78 is 5.62. The van der Waals surface area contributed by atoms with E-state index >= 15 is 0 Å². The normalized spacial score (nSPS) is 20.5. The number of H-pyrrole nitrogens is 1. The zero-order valence-electron chi connectivity index (χ0n) is 15.5. The molecule has 5 rings (SSSR count). The van der Waals surface area contributed by atoms with E-state index in [4.69, 9.17) is 9.51 Å². The van der Waals surface area contributed by atoms with Crippen LogP contribution in [0.3, 0.4) is 0 Å². The molecule has 1 fully saturated rings. The van der Waals surface area contributed by atoms with Gasteiger partial charge in [-0.1, -0.05) is 42.4 Å². The van der Waals surface area contributed by atoms with E-state index in [-0.39, 0.29) is 11.8 Å². The summed E-state index contributed by atoms with van der Waals surface area (Å²) in [5.41, 5.74) is 1.93. The van der Waals surface area contributed by atoms with Crippen LogP contribution in [-0.4, -0.2) is 36.3 Å². The second-order valence-corrected chi connectivity index (χ2v) is 7.33. The maximum atomic E-state index is 5.62. The summed E-state index contributed by atoms with van der Waals surface area (Å²) in [5, 5.41) is 15.6. The highest BCUT2D eigenvalue weighted by Crippen LogP contribution is 2.36. The molecule has 0 aliphatic heterocycles. The molecule has 0 radical (unpaired) electrons. The Bertz CT molecular complexity index is 1070. The van der Waals surface area contributed by atoms with Gasteiger partial charge >= 0.3 is 0 Å². The molecule has 1 unspecified atom stereocenters. The monoisotopic (exact) mass is 375 g/mol. The van der Waals surface area contributed by atoms with Crippen molar-refractivity contribution in [1.82, 2.24) is 30.3 Å². The van der Waals surface area contributed by atoms with Gasteiger partial charge in [-0.15, -0.1) is 0 Å². The van der Waals surface area contributed by atoms with E-state index in [1.165, 1.54) is 5.56 Å². The Morgan fingerprint density at radius 3 is 2.96 bits per heavy atom. The summed E-state index contributed by atoms with van der Waals surface area (Å²) in [5.74, 6) is 2.67. The van der Waals surface area contributed by atoms with Crippen molar-refractivity contribution in [3.05, 3.63) is 60.1 Å². The van der Waals surface area contributed by atoms with Crippen LogP contribution in [0.4, 0.5) is 5.82 Å². The molecule has 1 aliphatic carbocycles. The van der Waals surface area contributed by atoms with Crippen LogP contribution in [0.25, 0.3) is 11.0 Å². The van der Waals surface area contributed by atoms with Gasteiger partial charge in [-0.05, 0) is 24.8 Å². The first kappa shape index (κ1) is 16.9. The number of hydrogen-bond acceptors (Lipinski definition) is 7. The van der Waals surface area contributed by atoms with Crippen molar-refractivity contribution in [3.63, 3.8) is 0 Å². The number of nitrogens with zero attached hydrogens (tertiary/aromatic N) is 5. The van der Waals surface area contributed by atoms with Gasteiger partial charge in [0.2, 0.25) is 5.89 Å². The van der Waals surface area contributed by atoms with Gasteiger partial charge in [-0.3, -0.25) is 5.10 Å². The topological polar surface area (TPSA) is 105 Å². The summed E-state index contributed by atoms with van der Waals surface area (Å²) in [7, 11) is 0. The number of benzene rings is 1. The molecule has 0 saturated heterocycles. The van der Waals surface area contributed by atoms with Gasteiger partial charge in [0, 0.05) is 17.9 Å². The maximum absolute atomic E-state index is 5.62. The van der Waals surface area contributed by atoms with E-state index in [2.05, 4.69) is 49.7 Å². The maximum Gasteiger partial charge on any atom is 0.229 e. The van der Waals surface area contributed by atoms with Crippen molar-refractivity contribution in [2.45, 2.75) is 44.1 Å². The number of fused-ring (bicyclic) bond motifs is 1. The lowest BCUT2D eigenvalue weighted by atomic mass is 10.0. The first-order valence-corrected chi connectivity index (χ1v) is 9.57. The second kappa shape index (κ2) is 7.03. The Morgan fingerprint density at radius 1 is 1.18 bits per heavy atom. The Kier molecular flexibility index (Phi) is 4.23. The molecule has 8 heteroatoms. The van der Waals surface area contributed by atoms with Gasteiger partial charge in [-0.25, -0.2) is 9.97 Å². The number of anilines is 1. The molecule has 28 heavy (non-hydrogen) atoms. The molecule has 142 valence electrons. The van der Waals surface area contributed by atoms with Crippen molar-refractivity contribution in [2.75, 3.05) is 5.32 Å². The summed E-state index contributed by atoms with van der Waals surface area (Å²) in [6, 6.07) is 10.6. The third-order valence-corrected chi connectivity index (χ3v) is 5.52. The summed E-state index contributed by atoms with van der Waals surface area (Å²) in [6.45, 7) is 2.11. The fraction of sp³-hybridized carbons (Fsp3) is 0.350. The van der Waals surface area contributed by atoms with Crippen LogP contribution in [0.2, 0.25) is 0 Å². The van der Waals surface area contributed by atoms with Crippen LogP contribution in [-0.2, 0) is 0 Å². The Balaban J connectivity index is 1.28. The molecule has 1 saturated carbocycles. The molecule has 8 nitrogen and oxygen atoms in total. The lowest BCUT2D eigenvalue weighted by molar-refractivity contribution is 0.349. The Morgan fingerprint density at radius 2 is 2.07 bits per heavy atom. The van der Waals surface area contributed by atoms with Gasteiger partial charge in [0.25, 0.3) is 0 Å². The molecule has 0 amide bonds. The van der Waals surface area contributed by atoms with Crippen molar-refractivity contribution in [2.24, 2.45) is 0 Å². The fourth-order valence-electron chi connectivity index (χ4n) is 3.89. The Labute approximate surface area is 161 Å². The lowest BCUT2D eigenvalue weighted by Gasteiger charge is -2.13. The average Bonchev–Trinajstić information content (AvgIpc) is 3.48. The average molecular weight is 375 g/mol. The smallest absolute Gasteiger partial charge is 0.229 e. The molecule has 4 aromatic rings. The van der Waals surface area contributed by atoms with E-state index < -0.39 is 0 Å². The molecular weight excluding hydrogens is 354 g/mol. The molecule has 1 aromatic carbocycles. The van der Waals surface area contributed by atoms with E-state index in [1.54, 1.807) is 12.5 Å². The van der Waals surface area contributed by atoms with Crippen LogP contribution < -0.4 is 5.32 Å². The quantitative estimate of drug-likeness (QED) is 0.548. The summed E-state index contributed by atoms with van der Waals surface area (Å²) in [6.07, 6.45) is 6.27. The van der Waals surface area contributed by atoms with Crippen LogP contribution in [0.1, 0.15) is 55.3 Å². The number of rotatable bonds is 5. The fourth-order valence-corrected chi connectivity index (χ4v) is 3.89. The third-order valence-electron chi connectivity index (χ3n) is 5.52. The molecule has 0 bridgehead atoms.